The zero-order valence-electron chi connectivity index (χ0n) is 67.8. The smallest absolute Gasteiger partial charge is 0.306 e. The summed E-state index contributed by atoms with van der Waals surface area (Å²) < 4.78 is 22.9. The fraction of sp³-hybridized carbons (Fsp3) is 0.837. The van der Waals surface area contributed by atoms with Crippen molar-refractivity contribution in [2.75, 3.05) is 47.5 Å². The number of allylic oxidation sites excluding steroid dienone is 12. The predicted molar refractivity (Wildman–Crippen MR) is 435 cm³/mol. The monoisotopic (exact) mass is 1420 g/mol. The van der Waals surface area contributed by atoms with Gasteiger partial charge in [0.2, 0.25) is 0 Å². The number of likely N-dealkylation sites (N-methyl/N-ethyl adjacent to an activating group) is 1. The van der Waals surface area contributed by atoms with Gasteiger partial charge in [0, 0.05) is 12.8 Å². The number of carboxylic acid groups (broad SMARTS) is 1. The second-order valence-corrected chi connectivity index (χ2v) is 31.2. The highest BCUT2D eigenvalue weighted by Crippen LogP contribution is 2.20. The van der Waals surface area contributed by atoms with Crippen LogP contribution < -0.4 is 5.11 Å². The predicted octanol–water partition coefficient (Wildman–Crippen LogP) is 27.4. The van der Waals surface area contributed by atoms with E-state index < -0.39 is 24.3 Å². The highest BCUT2D eigenvalue weighted by Gasteiger charge is 2.22. The van der Waals surface area contributed by atoms with Gasteiger partial charge in [-0.3, -0.25) is 9.59 Å². The number of carboxylic acids is 1. The van der Waals surface area contributed by atoms with E-state index in [0.717, 1.165) is 70.6 Å². The summed E-state index contributed by atoms with van der Waals surface area (Å²) in [6.45, 7) is 4.71. The Labute approximate surface area is 628 Å². The van der Waals surface area contributed by atoms with Crippen LogP contribution in [0.1, 0.15) is 438 Å². The zero-order valence-corrected chi connectivity index (χ0v) is 67.8. The SMILES string of the molecule is CC/C=C\C/C=C\C/C=C\C/C=C\C/C=C\CCCCCCCCCCCCCCCCCCCCCCCCCC(=O)OC(COC(=O)CCCCCCCCCCCCCCCCCCCCCCCCCCC/C=C\CCCCCCCCCC)COC(OCC[N+](C)(C)C)C(=O)[O-]. The average molecular weight is 1420 g/mol. The molecular formula is C92H169NO8. The second kappa shape index (κ2) is 82.4. The van der Waals surface area contributed by atoms with Gasteiger partial charge < -0.3 is 33.3 Å². The van der Waals surface area contributed by atoms with E-state index in [0.29, 0.717) is 17.4 Å². The Morgan fingerprint density at radius 1 is 0.307 bits per heavy atom. The Morgan fingerprint density at radius 3 is 0.851 bits per heavy atom. The molecule has 0 radical (unpaired) electrons. The van der Waals surface area contributed by atoms with Gasteiger partial charge in [0.15, 0.2) is 12.4 Å². The van der Waals surface area contributed by atoms with Gasteiger partial charge in [0.1, 0.15) is 13.2 Å². The highest BCUT2D eigenvalue weighted by atomic mass is 16.7. The standard InChI is InChI=1S/C92H169NO8/c1-6-8-10-12-14-16-18-20-22-24-26-28-30-32-34-36-38-40-42-44-45-47-49-51-53-55-57-59-61-63-65-67-69-71-73-75-77-79-81-83-90(95)101-88(87-100-92(91(96)97)98-85-84-93(3,4)5)86-99-89(94)82-80-78-76-74-72-70-68-66-64-62-60-58-56-54-52-50-48-46-43-41-39-37-35-33-31-29-27-25-23-21-19-17-15-13-11-9-7-2/h8,10,14,16,20,22,25-28,32,34,88,92H,6-7,9,11-13,15,17-19,21,23-24,29-31,33,35-87H2,1-5H3/b10-8-,16-14-,22-20-,27-25-,28-26-,34-32-. The third kappa shape index (κ3) is 83.9. The Balaban J connectivity index is 3.92. The summed E-state index contributed by atoms with van der Waals surface area (Å²) >= 11 is 0. The number of nitrogens with zero attached hydrogens (tertiary/aromatic N) is 1. The Hall–Kier alpha value is -3.27. The number of quaternary nitrogens is 1. The number of ether oxygens (including phenoxy) is 4. The van der Waals surface area contributed by atoms with Crippen molar-refractivity contribution in [1.29, 1.82) is 0 Å². The van der Waals surface area contributed by atoms with Gasteiger partial charge in [0.25, 0.3) is 0 Å². The molecular weight excluding hydrogens is 1250 g/mol. The summed E-state index contributed by atoms with van der Waals surface area (Å²) in [4.78, 5) is 37.7. The number of carbonyl (C=O) groups is 3. The number of rotatable bonds is 83. The molecule has 0 aromatic heterocycles. The first-order chi connectivity index (χ1) is 49.6. The maximum atomic E-state index is 13.0. The summed E-state index contributed by atoms with van der Waals surface area (Å²) in [5.41, 5.74) is 0. The van der Waals surface area contributed by atoms with Crippen molar-refractivity contribution in [2.45, 2.75) is 450 Å². The van der Waals surface area contributed by atoms with Crippen molar-refractivity contribution in [3.63, 3.8) is 0 Å². The minimum Gasteiger partial charge on any atom is -0.545 e. The third-order valence-corrected chi connectivity index (χ3v) is 19.9. The van der Waals surface area contributed by atoms with E-state index in [1.54, 1.807) is 0 Å². The molecule has 0 aromatic rings. The lowest BCUT2D eigenvalue weighted by Gasteiger charge is -2.26. The van der Waals surface area contributed by atoms with Crippen LogP contribution in [0.4, 0.5) is 0 Å². The summed E-state index contributed by atoms with van der Waals surface area (Å²) in [5, 5.41) is 11.9. The summed E-state index contributed by atoms with van der Waals surface area (Å²) in [6.07, 6.45) is 109. The van der Waals surface area contributed by atoms with Gasteiger partial charge in [-0.25, -0.2) is 0 Å². The molecule has 0 aliphatic rings. The molecule has 0 aliphatic heterocycles. The van der Waals surface area contributed by atoms with Crippen LogP contribution in [0.3, 0.4) is 0 Å². The van der Waals surface area contributed by atoms with Crippen LogP contribution in [0.5, 0.6) is 0 Å². The van der Waals surface area contributed by atoms with Crippen LogP contribution in [0, 0.1) is 0 Å². The topological polar surface area (TPSA) is 111 Å². The molecule has 0 fully saturated rings. The van der Waals surface area contributed by atoms with Crippen LogP contribution in [0.15, 0.2) is 72.9 Å². The van der Waals surface area contributed by atoms with Crippen molar-refractivity contribution in [2.24, 2.45) is 0 Å². The van der Waals surface area contributed by atoms with E-state index >= 15 is 0 Å². The number of aliphatic carboxylic acids is 1. The van der Waals surface area contributed by atoms with Crippen molar-refractivity contribution < 1.29 is 42.9 Å². The minimum absolute atomic E-state index is 0.150. The molecule has 0 aromatic carbocycles. The van der Waals surface area contributed by atoms with Crippen LogP contribution in [0.2, 0.25) is 0 Å². The first kappa shape index (κ1) is 97.7. The molecule has 0 rings (SSSR count). The number of hydrogen-bond donors (Lipinski definition) is 0. The van der Waals surface area contributed by atoms with E-state index in [2.05, 4.69) is 86.8 Å². The fourth-order valence-electron chi connectivity index (χ4n) is 13.3. The van der Waals surface area contributed by atoms with Gasteiger partial charge in [-0.05, 0) is 83.5 Å². The summed E-state index contributed by atoms with van der Waals surface area (Å²) in [7, 11) is 5.96. The van der Waals surface area contributed by atoms with Gasteiger partial charge in [-0.1, -0.05) is 414 Å². The number of hydrogen-bond acceptors (Lipinski definition) is 8. The Kier molecular flexibility index (Phi) is 79.7. The van der Waals surface area contributed by atoms with Crippen LogP contribution >= 0.6 is 0 Å². The molecule has 0 bridgehead atoms. The lowest BCUT2D eigenvalue weighted by Crippen LogP contribution is -2.44. The highest BCUT2D eigenvalue weighted by molar-refractivity contribution is 5.70. The minimum atomic E-state index is -1.62. The van der Waals surface area contributed by atoms with E-state index in [9.17, 15) is 19.5 Å². The molecule has 2 unspecified atom stereocenters. The van der Waals surface area contributed by atoms with E-state index in [-0.39, 0.29) is 32.2 Å². The quantitative estimate of drug-likeness (QED) is 0.0195. The van der Waals surface area contributed by atoms with E-state index in [1.807, 2.05) is 21.1 Å². The second-order valence-electron chi connectivity index (χ2n) is 31.2. The lowest BCUT2D eigenvalue weighted by atomic mass is 10.0. The van der Waals surface area contributed by atoms with Crippen LogP contribution in [-0.4, -0.2) is 82.3 Å². The van der Waals surface area contributed by atoms with Gasteiger partial charge in [0.05, 0.1) is 40.3 Å². The van der Waals surface area contributed by atoms with Gasteiger partial charge in [-0.2, -0.15) is 0 Å². The van der Waals surface area contributed by atoms with Crippen LogP contribution in [-0.2, 0) is 33.3 Å². The summed E-state index contributed by atoms with van der Waals surface area (Å²) in [6, 6.07) is 0. The molecule has 9 nitrogen and oxygen atoms in total. The lowest BCUT2D eigenvalue weighted by molar-refractivity contribution is -0.870. The molecule has 0 saturated heterocycles. The average Bonchev–Trinajstić information content (AvgIpc) is 1.21. The van der Waals surface area contributed by atoms with Crippen LogP contribution in [0.25, 0.3) is 0 Å². The molecule has 0 spiro atoms. The van der Waals surface area contributed by atoms with Crippen molar-refractivity contribution >= 4 is 17.9 Å². The maximum Gasteiger partial charge on any atom is 0.306 e. The number of unbranched alkanes of at least 4 members (excludes halogenated alkanes) is 56. The normalized spacial score (nSPS) is 12.9. The number of carbonyl (C=O) groups excluding carboxylic acids is 3. The first-order valence-electron chi connectivity index (χ1n) is 44.1. The molecule has 0 saturated carbocycles. The summed E-state index contributed by atoms with van der Waals surface area (Å²) in [5.74, 6) is -2.25. The maximum absolute atomic E-state index is 13.0. The van der Waals surface area contributed by atoms with Crippen molar-refractivity contribution in [3.8, 4) is 0 Å². The molecule has 0 heterocycles. The zero-order chi connectivity index (χ0) is 73.2. The van der Waals surface area contributed by atoms with E-state index in [4.69, 9.17) is 18.9 Å². The fourth-order valence-corrected chi connectivity index (χ4v) is 13.3. The Bertz CT molecular complexity index is 1900. The molecule has 101 heavy (non-hydrogen) atoms. The van der Waals surface area contributed by atoms with Crippen molar-refractivity contribution in [3.05, 3.63) is 72.9 Å². The third-order valence-electron chi connectivity index (χ3n) is 19.9. The Morgan fingerprint density at radius 2 is 0.564 bits per heavy atom. The van der Waals surface area contributed by atoms with Gasteiger partial charge >= 0.3 is 11.9 Å². The number of esters is 2. The molecule has 0 aliphatic carbocycles. The molecule has 590 valence electrons. The van der Waals surface area contributed by atoms with Crippen molar-refractivity contribution in [1.82, 2.24) is 0 Å². The molecule has 0 amide bonds. The molecule has 0 N–H and O–H groups in total. The van der Waals surface area contributed by atoms with Gasteiger partial charge in [-0.15, -0.1) is 0 Å². The van der Waals surface area contributed by atoms with E-state index in [1.165, 1.54) is 340 Å². The molecule has 9 heteroatoms. The first-order valence-corrected chi connectivity index (χ1v) is 44.1. The molecule has 2 atom stereocenters. The largest absolute Gasteiger partial charge is 0.545 e.